The van der Waals surface area contributed by atoms with Crippen molar-refractivity contribution >= 4 is 23.1 Å². The quantitative estimate of drug-likeness (QED) is 0.286. The molecule has 0 aliphatic heterocycles. The van der Waals surface area contributed by atoms with Crippen LogP contribution in [0.3, 0.4) is 0 Å². The fraction of sp³-hybridized carbons (Fsp3) is 0.333. The van der Waals surface area contributed by atoms with Crippen molar-refractivity contribution in [2.24, 2.45) is 0 Å². The fourth-order valence-corrected chi connectivity index (χ4v) is 2.18. The van der Waals surface area contributed by atoms with Gasteiger partial charge in [-0.15, -0.1) is 0 Å². The van der Waals surface area contributed by atoms with Gasteiger partial charge in [0.05, 0.1) is 18.9 Å². The van der Waals surface area contributed by atoms with E-state index in [1.165, 1.54) is 13.2 Å². The van der Waals surface area contributed by atoms with Crippen molar-refractivity contribution in [1.82, 2.24) is 4.98 Å². The van der Waals surface area contributed by atoms with Crippen LogP contribution in [-0.2, 0) is 9.53 Å². The van der Waals surface area contributed by atoms with E-state index in [0.29, 0.717) is 12.0 Å². The standard InChI is InChI=1S/C18H20ClF2NO3/c1-5-6-7-12(17(23)24-4)13(8-11(2)3)14-9-16(19)22-10-15(14)25-18(20)21/h6-10,18H,5H2,1-4H3/b7-6+,13-12-. The zero-order valence-electron chi connectivity index (χ0n) is 14.5. The molecular formula is C18H20ClF2NO3. The molecule has 1 rings (SSSR count). The number of methoxy groups -OCH3 is 1. The van der Waals surface area contributed by atoms with E-state index in [2.05, 4.69) is 9.72 Å². The van der Waals surface area contributed by atoms with Crippen LogP contribution in [0, 0.1) is 0 Å². The Hall–Kier alpha value is -2.21. The van der Waals surface area contributed by atoms with E-state index < -0.39 is 12.6 Å². The van der Waals surface area contributed by atoms with Gasteiger partial charge in [-0.1, -0.05) is 42.3 Å². The lowest BCUT2D eigenvalue weighted by Gasteiger charge is -2.14. The molecule has 0 saturated carbocycles. The van der Waals surface area contributed by atoms with Crippen LogP contribution in [0.15, 0.2) is 41.6 Å². The van der Waals surface area contributed by atoms with Crippen LogP contribution in [0.4, 0.5) is 8.78 Å². The zero-order valence-corrected chi connectivity index (χ0v) is 15.2. The first-order valence-electron chi connectivity index (χ1n) is 7.54. The van der Waals surface area contributed by atoms with Crippen molar-refractivity contribution < 1.29 is 23.0 Å². The zero-order chi connectivity index (χ0) is 19.0. The third kappa shape index (κ3) is 6.31. The molecule has 0 aliphatic rings. The van der Waals surface area contributed by atoms with Gasteiger partial charge in [0, 0.05) is 5.56 Å². The number of carbonyl (C=O) groups excluding carboxylic acids is 1. The molecule has 0 aromatic carbocycles. The van der Waals surface area contributed by atoms with E-state index in [9.17, 15) is 13.6 Å². The Kier molecular flexibility index (Phi) is 8.28. The van der Waals surface area contributed by atoms with Gasteiger partial charge in [-0.3, -0.25) is 0 Å². The molecule has 0 amide bonds. The van der Waals surface area contributed by atoms with E-state index in [1.54, 1.807) is 18.2 Å². The second-order valence-corrected chi connectivity index (χ2v) is 5.62. The predicted molar refractivity (Wildman–Crippen MR) is 93.7 cm³/mol. The predicted octanol–water partition coefficient (Wildman–Crippen LogP) is 5.20. The summed E-state index contributed by atoms with van der Waals surface area (Å²) in [4.78, 5) is 16.0. The van der Waals surface area contributed by atoms with Crippen molar-refractivity contribution in [3.63, 3.8) is 0 Å². The van der Waals surface area contributed by atoms with Crippen LogP contribution < -0.4 is 4.74 Å². The fourth-order valence-electron chi connectivity index (χ4n) is 2.02. The summed E-state index contributed by atoms with van der Waals surface area (Å²) in [5, 5.41) is 0.0833. The molecule has 0 spiro atoms. The van der Waals surface area contributed by atoms with Crippen LogP contribution in [0.1, 0.15) is 32.8 Å². The van der Waals surface area contributed by atoms with Crippen molar-refractivity contribution in [1.29, 1.82) is 0 Å². The van der Waals surface area contributed by atoms with Crippen LogP contribution in [0.2, 0.25) is 5.15 Å². The topological polar surface area (TPSA) is 48.4 Å². The largest absolute Gasteiger partial charge is 0.465 e. The highest BCUT2D eigenvalue weighted by Gasteiger charge is 2.19. The third-order valence-electron chi connectivity index (χ3n) is 2.99. The first-order valence-corrected chi connectivity index (χ1v) is 7.92. The second-order valence-electron chi connectivity index (χ2n) is 5.23. The minimum absolute atomic E-state index is 0.0833. The summed E-state index contributed by atoms with van der Waals surface area (Å²) in [5.41, 5.74) is 1.63. The first-order chi connectivity index (χ1) is 11.8. The second kappa shape index (κ2) is 9.93. The molecule has 1 heterocycles. The number of alkyl halides is 2. The summed E-state index contributed by atoms with van der Waals surface area (Å²) >= 11 is 5.92. The molecule has 0 unspecified atom stereocenters. The lowest BCUT2D eigenvalue weighted by molar-refractivity contribution is -0.135. The van der Waals surface area contributed by atoms with Crippen molar-refractivity contribution in [2.45, 2.75) is 33.8 Å². The summed E-state index contributed by atoms with van der Waals surface area (Å²) < 4.78 is 34.8. The summed E-state index contributed by atoms with van der Waals surface area (Å²) in [6, 6.07) is 1.37. The molecule has 1 aromatic heterocycles. The molecule has 0 N–H and O–H groups in total. The van der Waals surface area contributed by atoms with E-state index in [-0.39, 0.29) is 22.0 Å². The number of halogens is 3. The van der Waals surface area contributed by atoms with Gasteiger partial charge in [0.25, 0.3) is 0 Å². The van der Waals surface area contributed by atoms with E-state index in [4.69, 9.17) is 16.3 Å². The highest BCUT2D eigenvalue weighted by atomic mass is 35.5. The summed E-state index contributed by atoms with van der Waals surface area (Å²) in [6.45, 7) is 2.49. The molecule has 7 heteroatoms. The lowest BCUT2D eigenvalue weighted by Crippen LogP contribution is -2.08. The summed E-state index contributed by atoms with van der Waals surface area (Å²) in [6.07, 6.45) is 6.81. The lowest BCUT2D eigenvalue weighted by atomic mass is 9.97. The summed E-state index contributed by atoms with van der Waals surface area (Å²) in [5.74, 6) is -0.786. The average molecular weight is 372 g/mol. The van der Waals surface area contributed by atoms with E-state index >= 15 is 0 Å². The smallest absolute Gasteiger partial charge is 0.387 e. The monoisotopic (exact) mass is 371 g/mol. The number of hydrogen-bond acceptors (Lipinski definition) is 4. The Morgan fingerprint density at radius 2 is 2.08 bits per heavy atom. The van der Waals surface area contributed by atoms with Gasteiger partial charge >= 0.3 is 12.6 Å². The Balaban J connectivity index is 3.77. The third-order valence-corrected chi connectivity index (χ3v) is 3.20. The number of esters is 1. The van der Waals surface area contributed by atoms with E-state index in [1.807, 2.05) is 20.8 Å². The maximum Gasteiger partial charge on any atom is 0.387 e. The molecular weight excluding hydrogens is 352 g/mol. The van der Waals surface area contributed by atoms with Crippen molar-refractivity contribution in [3.05, 3.63) is 52.4 Å². The Morgan fingerprint density at radius 1 is 1.40 bits per heavy atom. The number of allylic oxidation sites excluding steroid dienone is 4. The van der Waals surface area contributed by atoms with Crippen LogP contribution >= 0.6 is 11.6 Å². The number of nitrogens with zero attached hydrogens (tertiary/aromatic N) is 1. The van der Waals surface area contributed by atoms with Gasteiger partial charge in [0.15, 0.2) is 5.75 Å². The molecule has 0 fully saturated rings. The number of rotatable bonds is 7. The molecule has 0 bridgehead atoms. The molecule has 1 aromatic rings. The first kappa shape index (κ1) is 20.8. The number of ether oxygens (including phenoxy) is 2. The number of pyridine rings is 1. The Bertz CT molecular complexity index is 708. The normalized spacial score (nSPS) is 12.2. The number of aromatic nitrogens is 1. The molecule has 0 aliphatic carbocycles. The number of hydrogen-bond donors (Lipinski definition) is 0. The molecule has 25 heavy (non-hydrogen) atoms. The van der Waals surface area contributed by atoms with Crippen molar-refractivity contribution in [3.8, 4) is 5.75 Å². The molecule has 0 saturated heterocycles. The highest BCUT2D eigenvalue weighted by Crippen LogP contribution is 2.33. The minimum Gasteiger partial charge on any atom is -0.465 e. The number of carbonyl (C=O) groups is 1. The summed E-state index contributed by atoms with van der Waals surface area (Å²) in [7, 11) is 1.25. The molecule has 4 nitrogen and oxygen atoms in total. The molecule has 136 valence electrons. The molecule has 0 atom stereocenters. The van der Waals surface area contributed by atoms with Gasteiger partial charge < -0.3 is 9.47 Å². The van der Waals surface area contributed by atoms with Crippen LogP contribution in [0.25, 0.3) is 5.57 Å². The molecule has 0 radical (unpaired) electrons. The Morgan fingerprint density at radius 3 is 2.60 bits per heavy atom. The highest BCUT2D eigenvalue weighted by molar-refractivity contribution is 6.29. The SMILES string of the molecule is CC/C=C/C(C(=O)OC)=C(\C=C(C)C)c1cc(Cl)ncc1OC(F)F. The minimum atomic E-state index is -3.04. The van der Waals surface area contributed by atoms with Crippen LogP contribution in [-0.4, -0.2) is 24.7 Å². The van der Waals surface area contributed by atoms with Crippen LogP contribution in [0.5, 0.6) is 5.75 Å². The average Bonchev–Trinajstić information content (AvgIpc) is 2.54. The maximum absolute atomic E-state index is 12.7. The van der Waals surface area contributed by atoms with Crippen molar-refractivity contribution in [2.75, 3.05) is 7.11 Å². The van der Waals surface area contributed by atoms with E-state index in [0.717, 1.165) is 11.8 Å². The Labute approximate surface area is 150 Å². The maximum atomic E-state index is 12.7. The van der Waals surface area contributed by atoms with Gasteiger partial charge in [-0.25, -0.2) is 9.78 Å². The van der Waals surface area contributed by atoms with Gasteiger partial charge in [-0.05, 0) is 31.9 Å². The van der Waals surface area contributed by atoms with Gasteiger partial charge in [0.2, 0.25) is 0 Å². The van der Waals surface area contributed by atoms with Gasteiger partial charge in [0.1, 0.15) is 5.15 Å². The van der Waals surface area contributed by atoms with Gasteiger partial charge in [-0.2, -0.15) is 8.78 Å².